The van der Waals surface area contributed by atoms with Crippen LogP contribution in [0.2, 0.25) is 0 Å². The molecule has 1 atom stereocenters. The van der Waals surface area contributed by atoms with Gasteiger partial charge in [-0.1, -0.05) is 12.1 Å². The Bertz CT molecular complexity index is 433. The van der Waals surface area contributed by atoms with Crippen molar-refractivity contribution in [1.82, 2.24) is 4.90 Å². The van der Waals surface area contributed by atoms with Crippen molar-refractivity contribution in [2.24, 2.45) is 0 Å². The van der Waals surface area contributed by atoms with Crippen LogP contribution in [0.1, 0.15) is 22.8 Å². The van der Waals surface area contributed by atoms with Gasteiger partial charge in [0.25, 0.3) is 5.91 Å². The topological polar surface area (TPSA) is 29.5 Å². The van der Waals surface area contributed by atoms with Crippen molar-refractivity contribution in [1.29, 1.82) is 0 Å². The van der Waals surface area contributed by atoms with Gasteiger partial charge in [-0.2, -0.15) is 0 Å². The highest BCUT2D eigenvalue weighted by Crippen LogP contribution is 2.16. The molecule has 1 aromatic rings. The molecule has 0 spiro atoms. The molecule has 17 heavy (non-hydrogen) atoms. The first-order chi connectivity index (χ1) is 8.09. The molecule has 1 aromatic carbocycles. The number of rotatable bonds is 1. The van der Waals surface area contributed by atoms with Crippen LogP contribution in [0.3, 0.4) is 0 Å². The highest BCUT2D eigenvalue weighted by Gasteiger charge is 2.24. The first-order valence-corrected chi connectivity index (χ1v) is 5.75. The van der Waals surface area contributed by atoms with E-state index in [1.807, 2.05) is 6.92 Å². The third-order valence-electron chi connectivity index (χ3n) is 2.95. The summed E-state index contributed by atoms with van der Waals surface area (Å²) in [7, 11) is 0. The van der Waals surface area contributed by atoms with E-state index in [0.29, 0.717) is 25.3 Å². The van der Waals surface area contributed by atoms with E-state index < -0.39 is 5.82 Å². The van der Waals surface area contributed by atoms with Crippen LogP contribution in [0, 0.1) is 12.7 Å². The van der Waals surface area contributed by atoms with E-state index in [9.17, 15) is 9.18 Å². The van der Waals surface area contributed by atoms with E-state index in [1.165, 1.54) is 6.07 Å². The number of ether oxygens (including phenoxy) is 1. The van der Waals surface area contributed by atoms with Gasteiger partial charge in [-0.25, -0.2) is 4.39 Å². The molecule has 1 aliphatic rings. The van der Waals surface area contributed by atoms with Gasteiger partial charge in [0.1, 0.15) is 5.82 Å². The third kappa shape index (κ3) is 2.47. The lowest BCUT2D eigenvalue weighted by atomic mass is 10.1. The monoisotopic (exact) mass is 237 g/mol. The first kappa shape index (κ1) is 12.0. The average Bonchev–Trinajstić information content (AvgIpc) is 2.32. The molecular formula is C13H16FNO2. The van der Waals surface area contributed by atoms with Gasteiger partial charge in [0.15, 0.2) is 0 Å². The maximum Gasteiger partial charge on any atom is 0.257 e. The molecule has 0 saturated carbocycles. The second kappa shape index (κ2) is 4.84. The molecule has 1 unspecified atom stereocenters. The molecule has 0 N–H and O–H groups in total. The summed E-state index contributed by atoms with van der Waals surface area (Å²) in [5.74, 6) is -0.669. The van der Waals surface area contributed by atoms with Crippen molar-refractivity contribution in [2.75, 3.05) is 19.7 Å². The fourth-order valence-corrected chi connectivity index (χ4v) is 1.99. The summed E-state index contributed by atoms with van der Waals surface area (Å²) < 4.78 is 19.2. The molecule has 2 rings (SSSR count). The molecule has 0 radical (unpaired) electrons. The molecule has 1 aliphatic heterocycles. The minimum absolute atomic E-state index is 0.0144. The molecule has 1 heterocycles. The van der Waals surface area contributed by atoms with Crippen molar-refractivity contribution in [2.45, 2.75) is 20.0 Å². The Morgan fingerprint density at radius 1 is 1.53 bits per heavy atom. The Balaban J connectivity index is 2.22. The van der Waals surface area contributed by atoms with Crippen LogP contribution >= 0.6 is 0 Å². The van der Waals surface area contributed by atoms with Crippen molar-refractivity contribution in [3.05, 3.63) is 35.1 Å². The third-order valence-corrected chi connectivity index (χ3v) is 2.95. The van der Waals surface area contributed by atoms with Crippen LogP contribution in [0.4, 0.5) is 4.39 Å². The Morgan fingerprint density at radius 3 is 3.00 bits per heavy atom. The highest BCUT2D eigenvalue weighted by molar-refractivity contribution is 5.94. The second-order valence-electron chi connectivity index (χ2n) is 4.37. The zero-order chi connectivity index (χ0) is 12.4. The number of hydrogen-bond acceptors (Lipinski definition) is 2. The zero-order valence-corrected chi connectivity index (χ0v) is 10.1. The van der Waals surface area contributed by atoms with Crippen LogP contribution in [-0.4, -0.2) is 36.6 Å². The minimum Gasteiger partial charge on any atom is -0.375 e. The van der Waals surface area contributed by atoms with Gasteiger partial charge in [-0.05, 0) is 25.5 Å². The maximum atomic E-state index is 13.8. The summed E-state index contributed by atoms with van der Waals surface area (Å²) in [6.45, 7) is 5.13. The van der Waals surface area contributed by atoms with Gasteiger partial charge >= 0.3 is 0 Å². The van der Waals surface area contributed by atoms with E-state index >= 15 is 0 Å². The summed E-state index contributed by atoms with van der Waals surface area (Å²) in [6.07, 6.45) is 0.0144. The van der Waals surface area contributed by atoms with Crippen molar-refractivity contribution in [3.8, 4) is 0 Å². The Morgan fingerprint density at radius 2 is 2.29 bits per heavy atom. The molecule has 1 amide bonds. The van der Waals surface area contributed by atoms with E-state index in [1.54, 1.807) is 24.0 Å². The minimum atomic E-state index is -0.420. The van der Waals surface area contributed by atoms with Gasteiger partial charge in [-0.15, -0.1) is 0 Å². The summed E-state index contributed by atoms with van der Waals surface area (Å²) >= 11 is 0. The summed E-state index contributed by atoms with van der Waals surface area (Å²) in [6, 6.07) is 4.90. The predicted molar refractivity (Wildman–Crippen MR) is 62.5 cm³/mol. The van der Waals surface area contributed by atoms with Gasteiger partial charge in [0.05, 0.1) is 18.3 Å². The smallest absolute Gasteiger partial charge is 0.257 e. The van der Waals surface area contributed by atoms with Gasteiger partial charge < -0.3 is 9.64 Å². The van der Waals surface area contributed by atoms with Gasteiger partial charge in [0.2, 0.25) is 0 Å². The lowest BCUT2D eigenvalue weighted by Crippen LogP contribution is -2.44. The lowest BCUT2D eigenvalue weighted by molar-refractivity contribution is -0.0125. The van der Waals surface area contributed by atoms with Crippen molar-refractivity contribution >= 4 is 5.91 Å². The SMILES string of the molecule is Cc1cccc(C(=O)N2CCOC(C)C2)c1F. The molecular weight excluding hydrogens is 221 g/mol. The number of carbonyl (C=O) groups is 1. The van der Waals surface area contributed by atoms with Crippen LogP contribution < -0.4 is 0 Å². The number of aryl methyl sites for hydroxylation is 1. The number of benzene rings is 1. The normalized spacial score (nSPS) is 20.4. The Labute approximate surface area is 100 Å². The Kier molecular flexibility index (Phi) is 3.43. The molecule has 92 valence electrons. The molecule has 3 nitrogen and oxygen atoms in total. The maximum absolute atomic E-state index is 13.8. The van der Waals surface area contributed by atoms with E-state index in [-0.39, 0.29) is 17.6 Å². The van der Waals surface area contributed by atoms with Gasteiger partial charge in [-0.3, -0.25) is 4.79 Å². The van der Waals surface area contributed by atoms with Crippen LogP contribution in [0.5, 0.6) is 0 Å². The van der Waals surface area contributed by atoms with E-state index in [2.05, 4.69) is 0 Å². The highest BCUT2D eigenvalue weighted by atomic mass is 19.1. The molecule has 0 aliphatic carbocycles. The van der Waals surface area contributed by atoms with Crippen molar-refractivity contribution in [3.63, 3.8) is 0 Å². The number of morpholine rings is 1. The fourth-order valence-electron chi connectivity index (χ4n) is 1.99. The fraction of sp³-hybridized carbons (Fsp3) is 0.462. The van der Waals surface area contributed by atoms with Crippen molar-refractivity contribution < 1.29 is 13.9 Å². The Hall–Kier alpha value is -1.42. The van der Waals surface area contributed by atoms with E-state index in [0.717, 1.165) is 0 Å². The first-order valence-electron chi connectivity index (χ1n) is 5.75. The number of amides is 1. The van der Waals surface area contributed by atoms with Crippen LogP contribution in [0.15, 0.2) is 18.2 Å². The summed E-state index contributed by atoms with van der Waals surface area (Å²) in [5, 5.41) is 0. The summed E-state index contributed by atoms with van der Waals surface area (Å²) in [5.41, 5.74) is 0.649. The van der Waals surface area contributed by atoms with Gasteiger partial charge in [0, 0.05) is 13.1 Å². The summed E-state index contributed by atoms with van der Waals surface area (Å²) in [4.78, 5) is 13.8. The molecule has 1 saturated heterocycles. The van der Waals surface area contributed by atoms with E-state index in [4.69, 9.17) is 4.74 Å². The molecule has 1 fully saturated rings. The number of halogens is 1. The second-order valence-corrected chi connectivity index (χ2v) is 4.37. The average molecular weight is 237 g/mol. The molecule has 0 aromatic heterocycles. The van der Waals surface area contributed by atoms with Crippen LogP contribution in [0.25, 0.3) is 0 Å². The zero-order valence-electron chi connectivity index (χ0n) is 10.1. The number of hydrogen-bond donors (Lipinski definition) is 0. The number of carbonyl (C=O) groups excluding carboxylic acids is 1. The van der Waals surface area contributed by atoms with Crippen LogP contribution in [-0.2, 0) is 4.74 Å². The quantitative estimate of drug-likeness (QED) is 0.747. The molecule has 4 heteroatoms. The largest absolute Gasteiger partial charge is 0.375 e. The molecule has 0 bridgehead atoms. The number of nitrogens with zero attached hydrogens (tertiary/aromatic N) is 1. The lowest BCUT2D eigenvalue weighted by Gasteiger charge is -2.31. The standard InChI is InChI=1S/C13H16FNO2/c1-9-4-3-5-11(12(9)14)13(16)15-6-7-17-10(2)8-15/h3-5,10H,6-8H2,1-2H3. The predicted octanol–water partition coefficient (Wildman–Crippen LogP) is 2.00.